The molecule has 2 atom stereocenters. The van der Waals surface area contributed by atoms with Crippen LogP contribution < -0.4 is 4.90 Å². The van der Waals surface area contributed by atoms with Crippen LogP contribution in [0.5, 0.6) is 0 Å². The number of rotatable bonds is 3. The van der Waals surface area contributed by atoms with E-state index in [4.69, 9.17) is 5.11 Å². The Balaban J connectivity index is 2.04. The molecule has 2 unspecified atom stereocenters. The second-order valence-corrected chi connectivity index (χ2v) is 5.88. The van der Waals surface area contributed by atoms with E-state index in [9.17, 15) is 4.79 Å². The molecule has 1 aliphatic carbocycles. The molecule has 0 amide bonds. The number of nitrogens with zero attached hydrogens (tertiary/aromatic N) is 1. The number of aliphatic carboxylic acids is 1. The molecular weight excluding hydrogens is 266 g/mol. The minimum absolute atomic E-state index is 0.179. The van der Waals surface area contributed by atoms with Crippen LogP contribution >= 0.6 is 27.3 Å². The molecule has 1 saturated carbocycles. The van der Waals surface area contributed by atoms with Crippen LogP contribution in [0.25, 0.3) is 0 Å². The van der Waals surface area contributed by atoms with Crippen LogP contribution in [-0.4, -0.2) is 24.2 Å². The molecule has 1 heterocycles. The molecule has 0 saturated heterocycles. The number of hydrogen-bond donors (Lipinski definition) is 1. The zero-order valence-corrected chi connectivity index (χ0v) is 10.0. The fourth-order valence-corrected chi connectivity index (χ4v) is 2.91. The van der Waals surface area contributed by atoms with E-state index in [0.29, 0.717) is 0 Å². The number of carboxylic acid groups (broad SMARTS) is 1. The largest absolute Gasteiger partial charge is 0.481 e. The SMILES string of the molecule is CN(c1ccc(Br)s1)C1CC1C(=O)O. The fourth-order valence-electron chi connectivity index (χ4n) is 1.53. The minimum Gasteiger partial charge on any atom is -0.481 e. The molecule has 1 aromatic rings. The lowest BCUT2D eigenvalue weighted by molar-refractivity contribution is -0.138. The van der Waals surface area contributed by atoms with E-state index in [2.05, 4.69) is 15.9 Å². The molecule has 0 bridgehead atoms. The zero-order valence-electron chi connectivity index (χ0n) is 7.61. The van der Waals surface area contributed by atoms with Gasteiger partial charge in [0.25, 0.3) is 0 Å². The van der Waals surface area contributed by atoms with E-state index in [1.165, 1.54) is 0 Å². The third-order valence-electron chi connectivity index (χ3n) is 2.48. The smallest absolute Gasteiger partial charge is 0.308 e. The Kier molecular flexibility index (Phi) is 2.53. The predicted molar refractivity (Wildman–Crippen MR) is 60.0 cm³/mol. The van der Waals surface area contributed by atoms with Crippen molar-refractivity contribution in [1.29, 1.82) is 0 Å². The number of thiophene rings is 1. The number of carboxylic acids is 1. The van der Waals surface area contributed by atoms with E-state index >= 15 is 0 Å². The summed E-state index contributed by atoms with van der Waals surface area (Å²) in [4.78, 5) is 12.7. The summed E-state index contributed by atoms with van der Waals surface area (Å²) in [5.74, 6) is -0.863. The normalized spacial score (nSPS) is 24.7. The van der Waals surface area contributed by atoms with E-state index in [1.807, 2.05) is 24.1 Å². The highest BCUT2D eigenvalue weighted by molar-refractivity contribution is 9.11. The summed E-state index contributed by atoms with van der Waals surface area (Å²) < 4.78 is 1.08. The topological polar surface area (TPSA) is 40.5 Å². The van der Waals surface area contributed by atoms with Crippen molar-refractivity contribution in [2.45, 2.75) is 12.5 Å². The maximum atomic E-state index is 10.7. The van der Waals surface area contributed by atoms with E-state index in [1.54, 1.807) is 11.3 Å². The lowest BCUT2D eigenvalue weighted by Crippen LogP contribution is -2.22. The van der Waals surface area contributed by atoms with E-state index in [0.717, 1.165) is 15.2 Å². The molecule has 1 fully saturated rings. The summed E-state index contributed by atoms with van der Waals surface area (Å²) in [6.07, 6.45) is 0.765. The Morgan fingerprint density at radius 2 is 2.43 bits per heavy atom. The third kappa shape index (κ3) is 1.79. The summed E-state index contributed by atoms with van der Waals surface area (Å²) >= 11 is 5.02. The Labute approximate surface area is 94.5 Å². The van der Waals surface area contributed by atoms with Crippen molar-refractivity contribution in [3.8, 4) is 0 Å². The maximum Gasteiger partial charge on any atom is 0.308 e. The molecule has 1 aliphatic rings. The highest BCUT2D eigenvalue weighted by Crippen LogP contribution is 2.40. The van der Waals surface area contributed by atoms with Gasteiger partial charge in [0, 0.05) is 13.1 Å². The highest BCUT2D eigenvalue weighted by Gasteiger charge is 2.46. The highest BCUT2D eigenvalue weighted by atomic mass is 79.9. The molecule has 2 rings (SSSR count). The average molecular weight is 276 g/mol. The van der Waals surface area contributed by atoms with Gasteiger partial charge in [0.2, 0.25) is 0 Å². The lowest BCUT2D eigenvalue weighted by Gasteiger charge is -2.15. The van der Waals surface area contributed by atoms with Crippen LogP contribution in [0.2, 0.25) is 0 Å². The molecule has 3 nitrogen and oxygen atoms in total. The third-order valence-corrected chi connectivity index (χ3v) is 4.19. The van der Waals surface area contributed by atoms with Gasteiger partial charge in [-0.1, -0.05) is 0 Å². The first-order valence-electron chi connectivity index (χ1n) is 4.30. The average Bonchev–Trinajstić information content (AvgIpc) is 2.82. The van der Waals surface area contributed by atoms with Crippen LogP contribution in [0.15, 0.2) is 15.9 Å². The molecule has 0 aromatic carbocycles. The van der Waals surface area contributed by atoms with Crippen LogP contribution in [0.3, 0.4) is 0 Å². The number of hydrogen-bond acceptors (Lipinski definition) is 3. The van der Waals surface area contributed by atoms with Gasteiger partial charge in [-0.2, -0.15) is 0 Å². The van der Waals surface area contributed by atoms with Gasteiger partial charge in [-0.25, -0.2) is 0 Å². The molecule has 1 aromatic heterocycles. The zero-order chi connectivity index (χ0) is 10.3. The monoisotopic (exact) mass is 275 g/mol. The Morgan fingerprint density at radius 1 is 1.71 bits per heavy atom. The van der Waals surface area contributed by atoms with Crippen LogP contribution in [-0.2, 0) is 4.79 Å². The first-order valence-corrected chi connectivity index (χ1v) is 5.91. The predicted octanol–water partition coefficient (Wildman–Crippen LogP) is 2.42. The summed E-state index contributed by atoms with van der Waals surface area (Å²) in [5, 5.41) is 9.91. The molecule has 14 heavy (non-hydrogen) atoms. The summed E-state index contributed by atoms with van der Waals surface area (Å²) in [7, 11) is 1.95. The van der Waals surface area contributed by atoms with Gasteiger partial charge in [0.05, 0.1) is 14.7 Å². The molecule has 76 valence electrons. The number of anilines is 1. The van der Waals surface area contributed by atoms with Crippen LogP contribution in [0, 0.1) is 5.92 Å². The summed E-state index contributed by atoms with van der Waals surface area (Å²) in [6, 6.07) is 4.17. The quantitative estimate of drug-likeness (QED) is 0.921. The van der Waals surface area contributed by atoms with Crippen molar-refractivity contribution < 1.29 is 9.90 Å². The van der Waals surface area contributed by atoms with E-state index in [-0.39, 0.29) is 12.0 Å². The van der Waals surface area contributed by atoms with E-state index < -0.39 is 5.97 Å². The van der Waals surface area contributed by atoms with Crippen molar-refractivity contribution in [2.75, 3.05) is 11.9 Å². The van der Waals surface area contributed by atoms with Crippen molar-refractivity contribution in [3.05, 3.63) is 15.9 Å². The van der Waals surface area contributed by atoms with Gasteiger partial charge in [-0.15, -0.1) is 11.3 Å². The molecule has 0 radical (unpaired) electrons. The van der Waals surface area contributed by atoms with Crippen LogP contribution in [0.1, 0.15) is 6.42 Å². The minimum atomic E-state index is -0.683. The van der Waals surface area contributed by atoms with Gasteiger partial charge < -0.3 is 10.0 Å². The first-order chi connectivity index (χ1) is 6.59. The number of carbonyl (C=O) groups is 1. The molecule has 0 aliphatic heterocycles. The Morgan fingerprint density at radius 3 is 2.86 bits per heavy atom. The van der Waals surface area contributed by atoms with Crippen molar-refractivity contribution in [2.24, 2.45) is 5.92 Å². The molecular formula is C9H10BrNO2S. The second-order valence-electron chi connectivity index (χ2n) is 3.44. The summed E-state index contributed by atoms with van der Waals surface area (Å²) in [5.41, 5.74) is 0. The Hall–Kier alpha value is -0.550. The molecule has 5 heteroatoms. The van der Waals surface area contributed by atoms with Gasteiger partial charge >= 0.3 is 5.97 Å². The van der Waals surface area contributed by atoms with Gasteiger partial charge in [0.1, 0.15) is 0 Å². The molecule has 0 spiro atoms. The van der Waals surface area contributed by atoms with Gasteiger partial charge in [0.15, 0.2) is 0 Å². The molecule has 1 N–H and O–H groups in total. The summed E-state index contributed by atoms with van der Waals surface area (Å²) in [6.45, 7) is 0. The maximum absolute atomic E-state index is 10.7. The number of halogens is 1. The van der Waals surface area contributed by atoms with Crippen molar-refractivity contribution >= 4 is 38.2 Å². The van der Waals surface area contributed by atoms with Gasteiger partial charge in [-0.3, -0.25) is 4.79 Å². The standard InChI is InChI=1S/C9H10BrNO2S/c1-11(6-4-5(6)9(12)13)8-3-2-7(10)14-8/h2-3,5-6H,4H2,1H3,(H,12,13). The van der Waals surface area contributed by atoms with Crippen molar-refractivity contribution in [1.82, 2.24) is 0 Å². The van der Waals surface area contributed by atoms with Gasteiger partial charge in [-0.05, 0) is 34.5 Å². The Bertz CT molecular complexity index is 365. The fraction of sp³-hybridized carbons (Fsp3) is 0.444. The lowest BCUT2D eigenvalue weighted by atomic mass is 10.4. The van der Waals surface area contributed by atoms with Crippen LogP contribution in [0.4, 0.5) is 5.00 Å². The van der Waals surface area contributed by atoms with Crippen molar-refractivity contribution in [3.63, 3.8) is 0 Å². The first kappa shape index (κ1) is 9.98. The second kappa shape index (κ2) is 3.55.